The van der Waals surface area contributed by atoms with Crippen molar-refractivity contribution in [2.75, 3.05) is 27.2 Å². The minimum Gasteiger partial charge on any atom is -0.469 e. The molecule has 138 valence electrons. The Morgan fingerprint density at radius 2 is 2.08 bits per heavy atom. The number of likely N-dealkylation sites (N-methyl/N-ethyl adjacent to an activating group) is 1. The van der Waals surface area contributed by atoms with Crippen molar-refractivity contribution < 1.29 is 14.0 Å². The number of nitrogens with zero attached hydrogens (tertiary/aromatic N) is 3. The molecule has 0 radical (unpaired) electrons. The fourth-order valence-electron chi connectivity index (χ4n) is 4.05. The van der Waals surface area contributed by atoms with Crippen molar-refractivity contribution in [3.05, 3.63) is 23.7 Å². The minimum atomic E-state index is -0.376. The molecule has 6 heteroatoms. The number of hydrogen-bond donors (Lipinski definition) is 0. The van der Waals surface area contributed by atoms with E-state index in [4.69, 9.17) is 4.42 Å². The van der Waals surface area contributed by atoms with Crippen LogP contribution < -0.4 is 0 Å². The van der Waals surface area contributed by atoms with Crippen LogP contribution in [0.3, 0.4) is 0 Å². The molecule has 2 amide bonds. The smallest absolute Gasteiger partial charge is 0.258 e. The fourth-order valence-corrected chi connectivity index (χ4v) is 4.05. The molecule has 0 saturated carbocycles. The van der Waals surface area contributed by atoms with E-state index >= 15 is 0 Å². The van der Waals surface area contributed by atoms with Crippen LogP contribution in [0.25, 0.3) is 0 Å². The van der Waals surface area contributed by atoms with Crippen LogP contribution in [0.4, 0.5) is 0 Å². The molecule has 0 aliphatic carbocycles. The van der Waals surface area contributed by atoms with Crippen molar-refractivity contribution in [2.45, 2.75) is 51.7 Å². The maximum Gasteiger partial charge on any atom is 0.258 e. The third-order valence-electron chi connectivity index (χ3n) is 5.52. The number of fused-ring (bicyclic) bond motifs is 1. The highest BCUT2D eigenvalue weighted by atomic mass is 16.3. The first kappa shape index (κ1) is 18.0. The van der Waals surface area contributed by atoms with Gasteiger partial charge in [-0.3, -0.25) is 9.59 Å². The Labute approximate surface area is 149 Å². The Bertz CT molecular complexity index is 652. The van der Waals surface area contributed by atoms with Gasteiger partial charge in [-0.25, -0.2) is 0 Å². The van der Waals surface area contributed by atoms with E-state index in [-0.39, 0.29) is 23.9 Å². The van der Waals surface area contributed by atoms with Gasteiger partial charge in [0, 0.05) is 19.1 Å². The Balaban J connectivity index is 1.89. The summed E-state index contributed by atoms with van der Waals surface area (Å²) in [4.78, 5) is 32.2. The number of piperazine rings is 1. The van der Waals surface area contributed by atoms with E-state index in [1.54, 1.807) is 17.9 Å². The number of hydrogen-bond acceptors (Lipinski definition) is 4. The van der Waals surface area contributed by atoms with Crippen molar-refractivity contribution in [3.63, 3.8) is 0 Å². The maximum absolute atomic E-state index is 13.2. The summed E-state index contributed by atoms with van der Waals surface area (Å²) in [6, 6.07) is 1.80. The molecule has 6 nitrogen and oxygen atoms in total. The topological polar surface area (TPSA) is 57.0 Å². The fraction of sp³-hybridized carbons (Fsp3) is 0.684. The molecule has 0 N–H and O–H groups in total. The normalized spacial score (nSPS) is 26.7. The second kappa shape index (κ2) is 6.83. The molecule has 3 atom stereocenters. The zero-order valence-corrected chi connectivity index (χ0v) is 15.9. The van der Waals surface area contributed by atoms with Crippen LogP contribution in [-0.4, -0.2) is 71.8 Å². The van der Waals surface area contributed by atoms with E-state index in [0.717, 1.165) is 13.0 Å². The van der Waals surface area contributed by atoms with Gasteiger partial charge in [0.05, 0.1) is 17.9 Å². The first-order chi connectivity index (χ1) is 11.8. The second-order valence-electron chi connectivity index (χ2n) is 7.99. The third-order valence-corrected chi connectivity index (χ3v) is 5.52. The van der Waals surface area contributed by atoms with E-state index in [1.807, 2.05) is 4.90 Å². The van der Waals surface area contributed by atoms with E-state index in [9.17, 15) is 9.59 Å². The lowest BCUT2D eigenvalue weighted by Gasteiger charge is -2.43. The first-order valence-corrected chi connectivity index (χ1v) is 9.11. The summed E-state index contributed by atoms with van der Waals surface area (Å²) in [6.07, 6.45) is 3.15. The molecule has 2 fully saturated rings. The second-order valence-corrected chi connectivity index (χ2v) is 7.99. The van der Waals surface area contributed by atoms with Gasteiger partial charge in [-0.15, -0.1) is 0 Å². The van der Waals surface area contributed by atoms with Crippen molar-refractivity contribution in [3.8, 4) is 0 Å². The first-order valence-electron chi connectivity index (χ1n) is 9.11. The van der Waals surface area contributed by atoms with E-state index in [0.29, 0.717) is 36.2 Å². The number of rotatable bonds is 4. The third kappa shape index (κ3) is 3.32. The van der Waals surface area contributed by atoms with E-state index in [2.05, 4.69) is 32.8 Å². The van der Waals surface area contributed by atoms with Gasteiger partial charge in [-0.05, 0) is 45.8 Å². The van der Waals surface area contributed by atoms with Gasteiger partial charge in [0.2, 0.25) is 5.91 Å². The Morgan fingerprint density at radius 3 is 2.64 bits per heavy atom. The molecule has 3 heterocycles. The van der Waals surface area contributed by atoms with Gasteiger partial charge in [0.25, 0.3) is 5.91 Å². The maximum atomic E-state index is 13.2. The molecular formula is C19H29N3O3. The summed E-state index contributed by atoms with van der Waals surface area (Å²) >= 11 is 0. The van der Waals surface area contributed by atoms with Crippen molar-refractivity contribution in [1.29, 1.82) is 0 Å². The SMILES string of the molecule is Cc1occc1C(=O)N1C[C@@H]2C[C@H](N(C)C)CN2C(=O)[C@@H]1CC(C)C. The molecular weight excluding hydrogens is 318 g/mol. The van der Waals surface area contributed by atoms with Crippen molar-refractivity contribution >= 4 is 11.8 Å². The van der Waals surface area contributed by atoms with Gasteiger partial charge in [-0.2, -0.15) is 0 Å². The number of carbonyl (C=O) groups is 2. The molecule has 1 aromatic rings. The molecule has 1 aromatic heterocycles. The standard InChI is InChI=1S/C19H29N3O3/c1-12(2)8-17-19(24)21-10-14(20(4)5)9-15(21)11-22(17)18(23)16-6-7-25-13(16)3/h6-7,12,14-15,17H,8-11H2,1-5H3/t14-,15-,17-/m0/s1. The predicted molar refractivity (Wildman–Crippen MR) is 95.3 cm³/mol. The molecule has 0 aromatic carbocycles. The molecule has 3 rings (SSSR count). The monoisotopic (exact) mass is 347 g/mol. The van der Waals surface area contributed by atoms with Crippen LogP contribution in [-0.2, 0) is 4.79 Å². The summed E-state index contributed by atoms with van der Waals surface area (Å²) in [6.45, 7) is 7.35. The Morgan fingerprint density at radius 1 is 1.36 bits per heavy atom. The van der Waals surface area contributed by atoms with Gasteiger partial charge < -0.3 is 19.1 Å². The molecule has 0 unspecified atom stereocenters. The van der Waals surface area contributed by atoms with Gasteiger partial charge >= 0.3 is 0 Å². The van der Waals surface area contributed by atoms with E-state index in [1.165, 1.54) is 6.26 Å². The average molecular weight is 347 g/mol. The summed E-state index contributed by atoms with van der Waals surface area (Å²) in [5.41, 5.74) is 0.567. The van der Waals surface area contributed by atoms with Crippen LogP contribution in [0.15, 0.2) is 16.7 Å². The van der Waals surface area contributed by atoms with Gasteiger partial charge in [-0.1, -0.05) is 13.8 Å². The molecule has 0 spiro atoms. The summed E-state index contributed by atoms with van der Waals surface area (Å²) in [7, 11) is 4.11. The Hall–Kier alpha value is -1.82. The molecule has 0 bridgehead atoms. The number of furan rings is 1. The molecule has 2 saturated heterocycles. The highest BCUT2D eigenvalue weighted by Gasteiger charge is 2.47. The van der Waals surface area contributed by atoms with Crippen LogP contribution >= 0.6 is 0 Å². The largest absolute Gasteiger partial charge is 0.469 e. The average Bonchev–Trinajstić information content (AvgIpc) is 3.15. The van der Waals surface area contributed by atoms with Gasteiger partial charge in [0.15, 0.2) is 0 Å². The van der Waals surface area contributed by atoms with E-state index < -0.39 is 0 Å². The van der Waals surface area contributed by atoms with Crippen molar-refractivity contribution in [1.82, 2.24) is 14.7 Å². The summed E-state index contributed by atoms with van der Waals surface area (Å²) in [5.74, 6) is 0.973. The number of amides is 2. The van der Waals surface area contributed by atoms with Crippen LogP contribution in [0.5, 0.6) is 0 Å². The lowest BCUT2D eigenvalue weighted by molar-refractivity contribution is -0.142. The summed E-state index contributed by atoms with van der Waals surface area (Å²) < 4.78 is 5.31. The number of carbonyl (C=O) groups excluding carboxylic acids is 2. The van der Waals surface area contributed by atoms with Crippen LogP contribution in [0, 0.1) is 12.8 Å². The Kier molecular flexibility index (Phi) is 4.91. The zero-order valence-electron chi connectivity index (χ0n) is 15.9. The predicted octanol–water partition coefficient (Wildman–Crippen LogP) is 1.99. The molecule has 25 heavy (non-hydrogen) atoms. The van der Waals surface area contributed by atoms with Crippen LogP contribution in [0.2, 0.25) is 0 Å². The zero-order chi connectivity index (χ0) is 18.3. The van der Waals surface area contributed by atoms with Crippen molar-refractivity contribution in [2.24, 2.45) is 5.92 Å². The highest BCUT2D eigenvalue weighted by Crippen LogP contribution is 2.31. The van der Waals surface area contributed by atoms with Crippen LogP contribution in [0.1, 0.15) is 42.8 Å². The minimum absolute atomic E-state index is 0.0850. The number of aryl methyl sites for hydroxylation is 1. The lowest BCUT2D eigenvalue weighted by Crippen LogP contribution is -2.61. The van der Waals surface area contributed by atoms with Gasteiger partial charge in [0.1, 0.15) is 11.8 Å². The highest BCUT2D eigenvalue weighted by molar-refractivity contribution is 5.99. The summed E-state index contributed by atoms with van der Waals surface area (Å²) in [5, 5.41) is 0. The lowest BCUT2D eigenvalue weighted by atomic mass is 9.96. The molecule has 2 aliphatic rings. The molecule has 2 aliphatic heterocycles. The quantitative estimate of drug-likeness (QED) is 0.836.